The van der Waals surface area contributed by atoms with E-state index in [1.54, 1.807) is 6.92 Å². The number of aliphatic hydroxyl groups is 1. The SMILES string of the molecule is Cc1ccc(S(=O)(=O)NCC(N)C(C)O)cc1F. The molecule has 102 valence electrons. The van der Waals surface area contributed by atoms with Gasteiger partial charge in [-0.15, -0.1) is 0 Å². The second-order valence-electron chi connectivity index (χ2n) is 4.17. The van der Waals surface area contributed by atoms with Crippen LogP contribution in [0, 0.1) is 12.7 Å². The van der Waals surface area contributed by atoms with Crippen molar-refractivity contribution in [2.75, 3.05) is 6.54 Å². The number of hydrogen-bond acceptors (Lipinski definition) is 4. The standard InChI is InChI=1S/C11H17FN2O3S/c1-7-3-4-9(5-10(7)12)18(16,17)14-6-11(13)8(2)15/h3-5,8,11,14-15H,6,13H2,1-2H3. The molecule has 1 aromatic carbocycles. The molecule has 1 rings (SSSR count). The highest BCUT2D eigenvalue weighted by Crippen LogP contribution is 2.13. The summed E-state index contributed by atoms with van der Waals surface area (Å²) in [5.41, 5.74) is 5.87. The van der Waals surface area contributed by atoms with Crippen LogP contribution in [0.2, 0.25) is 0 Å². The van der Waals surface area contributed by atoms with Crippen LogP contribution in [0.15, 0.2) is 23.1 Å². The summed E-state index contributed by atoms with van der Waals surface area (Å²) in [5, 5.41) is 9.15. The van der Waals surface area contributed by atoms with Crippen LogP contribution >= 0.6 is 0 Å². The number of nitrogens with one attached hydrogen (secondary N) is 1. The Balaban J connectivity index is 2.83. The van der Waals surface area contributed by atoms with Crippen LogP contribution in [-0.2, 0) is 10.0 Å². The van der Waals surface area contributed by atoms with Crippen molar-refractivity contribution in [1.29, 1.82) is 0 Å². The van der Waals surface area contributed by atoms with E-state index in [-0.39, 0.29) is 11.4 Å². The Morgan fingerprint density at radius 3 is 2.61 bits per heavy atom. The molecule has 0 amide bonds. The zero-order valence-corrected chi connectivity index (χ0v) is 11.0. The second-order valence-corrected chi connectivity index (χ2v) is 5.93. The zero-order valence-electron chi connectivity index (χ0n) is 10.2. The number of halogens is 1. The summed E-state index contributed by atoms with van der Waals surface area (Å²) in [6.07, 6.45) is -0.831. The number of rotatable bonds is 5. The van der Waals surface area contributed by atoms with Crippen LogP contribution in [-0.4, -0.2) is 32.2 Å². The topological polar surface area (TPSA) is 92.4 Å². The molecule has 1 aromatic rings. The third kappa shape index (κ3) is 3.74. The maximum atomic E-state index is 13.3. The molecule has 0 saturated heterocycles. The molecule has 0 radical (unpaired) electrons. The number of aliphatic hydroxyl groups excluding tert-OH is 1. The highest BCUT2D eigenvalue weighted by atomic mass is 32.2. The predicted octanol–water partition coefficient (Wildman–Crippen LogP) is 0.121. The Hall–Kier alpha value is -1.02. The van der Waals surface area contributed by atoms with Crippen LogP contribution in [0.4, 0.5) is 4.39 Å². The quantitative estimate of drug-likeness (QED) is 0.712. The third-order valence-electron chi connectivity index (χ3n) is 2.58. The van der Waals surface area contributed by atoms with Gasteiger partial charge in [-0.3, -0.25) is 0 Å². The summed E-state index contributed by atoms with van der Waals surface area (Å²) in [7, 11) is -3.81. The van der Waals surface area contributed by atoms with E-state index in [2.05, 4.69) is 4.72 Å². The number of benzene rings is 1. The third-order valence-corrected chi connectivity index (χ3v) is 4.00. The van der Waals surface area contributed by atoms with Gasteiger partial charge in [-0.25, -0.2) is 17.5 Å². The van der Waals surface area contributed by atoms with Crippen molar-refractivity contribution in [1.82, 2.24) is 4.72 Å². The van der Waals surface area contributed by atoms with Crippen molar-refractivity contribution in [3.8, 4) is 0 Å². The van der Waals surface area contributed by atoms with Gasteiger partial charge in [0.15, 0.2) is 0 Å². The number of hydrogen-bond donors (Lipinski definition) is 3. The maximum Gasteiger partial charge on any atom is 0.240 e. The molecule has 0 aliphatic rings. The number of nitrogens with two attached hydrogens (primary N) is 1. The average molecular weight is 276 g/mol. The summed E-state index contributed by atoms with van der Waals surface area (Å²) in [6, 6.07) is 2.94. The van der Waals surface area contributed by atoms with Gasteiger partial charge in [0, 0.05) is 12.6 Å². The highest BCUT2D eigenvalue weighted by molar-refractivity contribution is 7.89. The lowest BCUT2D eigenvalue weighted by atomic mass is 10.2. The van der Waals surface area contributed by atoms with E-state index in [0.717, 1.165) is 6.07 Å². The smallest absolute Gasteiger partial charge is 0.240 e. The van der Waals surface area contributed by atoms with Crippen LogP contribution in [0.5, 0.6) is 0 Å². The molecule has 4 N–H and O–H groups in total. The molecule has 0 aromatic heterocycles. The second kappa shape index (κ2) is 5.75. The summed E-state index contributed by atoms with van der Waals surface area (Å²) in [5.74, 6) is -0.585. The molecular formula is C11H17FN2O3S. The molecule has 0 spiro atoms. The van der Waals surface area contributed by atoms with Crippen molar-refractivity contribution in [3.63, 3.8) is 0 Å². The molecule has 0 bridgehead atoms. The van der Waals surface area contributed by atoms with Crippen molar-refractivity contribution in [2.24, 2.45) is 5.73 Å². The van der Waals surface area contributed by atoms with E-state index in [0.29, 0.717) is 5.56 Å². The summed E-state index contributed by atoms with van der Waals surface area (Å²) >= 11 is 0. The Morgan fingerprint density at radius 1 is 1.50 bits per heavy atom. The summed E-state index contributed by atoms with van der Waals surface area (Å²) in [4.78, 5) is -0.164. The van der Waals surface area contributed by atoms with Gasteiger partial charge in [-0.1, -0.05) is 6.07 Å². The van der Waals surface area contributed by atoms with E-state index >= 15 is 0 Å². The Labute approximate surface area is 106 Å². The Morgan fingerprint density at radius 2 is 2.11 bits per heavy atom. The van der Waals surface area contributed by atoms with Crippen molar-refractivity contribution in [3.05, 3.63) is 29.6 Å². The fourth-order valence-electron chi connectivity index (χ4n) is 1.20. The van der Waals surface area contributed by atoms with Gasteiger partial charge >= 0.3 is 0 Å². The maximum absolute atomic E-state index is 13.3. The van der Waals surface area contributed by atoms with Crippen LogP contribution in [0.1, 0.15) is 12.5 Å². The molecule has 0 aliphatic heterocycles. The largest absolute Gasteiger partial charge is 0.392 e. The van der Waals surface area contributed by atoms with E-state index < -0.39 is 28.0 Å². The lowest BCUT2D eigenvalue weighted by molar-refractivity contribution is 0.164. The van der Waals surface area contributed by atoms with Crippen molar-refractivity contribution in [2.45, 2.75) is 30.9 Å². The van der Waals surface area contributed by atoms with E-state index in [1.807, 2.05) is 0 Å². The Kier molecular flexibility index (Phi) is 4.80. The van der Waals surface area contributed by atoms with Crippen LogP contribution in [0.3, 0.4) is 0 Å². The number of sulfonamides is 1. The molecule has 7 heteroatoms. The van der Waals surface area contributed by atoms with Gasteiger partial charge in [0.25, 0.3) is 0 Å². The first-order valence-corrected chi connectivity index (χ1v) is 6.92. The molecule has 0 aliphatic carbocycles. The first-order valence-electron chi connectivity index (χ1n) is 5.43. The minimum atomic E-state index is -3.81. The average Bonchev–Trinajstić information content (AvgIpc) is 2.29. The lowest BCUT2D eigenvalue weighted by Gasteiger charge is -2.15. The van der Waals surface area contributed by atoms with E-state index in [9.17, 15) is 12.8 Å². The van der Waals surface area contributed by atoms with Gasteiger partial charge in [-0.05, 0) is 31.5 Å². The Bertz CT molecular complexity index is 517. The molecule has 2 atom stereocenters. The van der Waals surface area contributed by atoms with Gasteiger partial charge in [0.1, 0.15) is 5.82 Å². The minimum absolute atomic E-state index is 0.116. The normalized spacial score (nSPS) is 15.4. The summed E-state index contributed by atoms with van der Waals surface area (Å²) < 4.78 is 39.1. The van der Waals surface area contributed by atoms with E-state index in [4.69, 9.17) is 10.8 Å². The highest BCUT2D eigenvalue weighted by Gasteiger charge is 2.18. The van der Waals surface area contributed by atoms with Crippen LogP contribution < -0.4 is 10.5 Å². The van der Waals surface area contributed by atoms with Crippen LogP contribution in [0.25, 0.3) is 0 Å². The van der Waals surface area contributed by atoms with Gasteiger partial charge in [-0.2, -0.15) is 0 Å². The molecule has 2 unspecified atom stereocenters. The minimum Gasteiger partial charge on any atom is -0.392 e. The zero-order chi connectivity index (χ0) is 13.9. The molecule has 5 nitrogen and oxygen atoms in total. The fourth-order valence-corrected chi connectivity index (χ4v) is 2.28. The molecule has 18 heavy (non-hydrogen) atoms. The van der Waals surface area contributed by atoms with Gasteiger partial charge in [0.2, 0.25) is 10.0 Å². The van der Waals surface area contributed by atoms with Gasteiger partial charge < -0.3 is 10.8 Å². The summed E-state index contributed by atoms with van der Waals surface area (Å²) in [6.45, 7) is 2.89. The first-order chi connectivity index (χ1) is 8.24. The monoisotopic (exact) mass is 276 g/mol. The molecular weight excluding hydrogens is 259 g/mol. The molecule has 0 saturated carbocycles. The van der Waals surface area contributed by atoms with E-state index in [1.165, 1.54) is 19.1 Å². The lowest BCUT2D eigenvalue weighted by Crippen LogP contribution is -2.43. The predicted molar refractivity (Wildman–Crippen MR) is 66.0 cm³/mol. The molecule has 0 heterocycles. The van der Waals surface area contributed by atoms with Crippen molar-refractivity contribution >= 4 is 10.0 Å². The number of aryl methyl sites for hydroxylation is 1. The fraction of sp³-hybridized carbons (Fsp3) is 0.455. The van der Waals surface area contributed by atoms with Gasteiger partial charge in [0.05, 0.1) is 11.0 Å². The van der Waals surface area contributed by atoms with Crippen molar-refractivity contribution < 1.29 is 17.9 Å². The first kappa shape index (κ1) is 15.0. The molecule has 0 fully saturated rings.